The molecule has 1 aromatic heterocycles. The zero-order valence-corrected chi connectivity index (χ0v) is 10.5. The minimum atomic E-state index is -0.770. The summed E-state index contributed by atoms with van der Waals surface area (Å²) in [4.78, 5) is 24.2. The lowest BCUT2D eigenvalue weighted by Crippen LogP contribution is -2.44. The number of piperidine rings is 1. The number of nitrogens with zero attached hydrogens (tertiary/aromatic N) is 2. The van der Waals surface area contributed by atoms with Gasteiger partial charge in [-0.1, -0.05) is 5.16 Å². The molecule has 1 aliphatic rings. The molecule has 2 amide bonds. The standard InChI is InChI=1S/C12H17N3O4/c16-11(17)7-9-2-5-15(6-3-9)12(18)13-8-10-1-4-14-19-10/h1,4,9H,2-3,5-8H2,(H,13,18)(H,16,17). The predicted molar refractivity (Wildman–Crippen MR) is 65.3 cm³/mol. The van der Waals surface area contributed by atoms with Crippen LogP contribution in [0.1, 0.15) is 25.0 Å². The number of hydrogen-bond donors (Lipinski definition) is 2. The van der Waals surface area contributed by atoms with Gasteiger partial charge in [0.05, 0.1) is 12.7 Å². The number of urea groups is 1. The molecule has 0 atom stereocenters. The highest BCUT2D eigenvalue weighted by Crippen LogP contribution is 2.20. The second-order valence-electron chi connectivity index (χ2n) is 4.67. The maximum Gasteiger partial charge on any atom is 0.317 e. The van der Waals surface area contributed by atoms with Gasteiger partial charge < -0.3 is 19.8 Å². The van der Waals surface area contributed by atoms with Crippen LogP contribution in [0.5, 0.6) is 0 Å². The molecular weight excluding hydrogens is 250 g/mol. The SMILES string of the molecule is O=C(O)CC1CCN(C(=O)NCc2ccno2)CC1. The molecule has 2 N–H and O–H groups in total. The van der Waals surface area contributed by atoms with Crippen molar-refractivity contribution in [2.75, 3.05) is 13.1 Å². The molecule has 1 aliphatic heterocycles. The molecule has 2 heterocycles. The quantitative estimate of drug-likeness (QED) is 0.850. The lowest BCUT2D eigenvalue weighted by Gasteiger charge is -2.31. The van der Waals surface area contributed by atoms with Crippen LogP contribution in [0.25, 0.3) is 0 Å². The average molecular weight is 267 g/mol. The summed E-state index contributed by atoms with van der Waals surface area (Å²) in [6.45, 7) is 1.51. The van der Waals surface area contributed by atoms with Crippen LogP contribution in [0.15, 0.2) is 16.8 Å². The number of likely N-dealkylation sites (tertiary alicyclic amines) is 1. The van der Waals surface area contributed by atoms with Gasteiger partial charge in [0.15, 0.2) is 5.76 Å². The fourth-order valence-corrected chi connectivity index (χ4v) is 2.19. The topological polar surface area (TPSA) is 95.7 Å². The van der Waals surface area contributed by atoms with Crippen LogP contribution in [-0.2, 0) is 11.3 Å². The Morgan fingerprint density at radius 3 is 2.79 bits per heavy atom. The third-order valence-corrected chi connectivity index (χ3v) is 3.27. The molecule has 7 heteroatoms. The second kappa shape index (κ2) is 6.21. The van der Waals surface area contributed by atoms with Crippen molar-refractivity contribution in [1.82, 2.24) is 15.4 Å². The largest absolute Gasteiger partial charge is 0.481 e. The van der Waals surface area contributed by atoms with Crippen molar-refractivity contribution in [2.24, 2.45) is 5.92 Å². The van der Waals surface area contributed by atoms with Crippen LogP contribution in [0.2, 0.25) is 0 Å². The normalized spacial score (nSPS) is 16.3. The first-order valence-electron chi connectivity index (χ1n) is 6.29. The fourth-order valence-electron chi connectivity index (χ4n) is 2.19. The number of aliphatic carboxylic acids is 1. The van der Waals surface area contributed by atoms with Crippen molar-refractivity contribution >= 4 is 12.0 Å². The van der Waals surface area contributed by atoms with Crippen LogP contribution in [0.3, 0.4) is 0 Å². The van der Waals surface area contributed by atoms with E-state index in [-0.39, 0.29) is 18.4 Å². The molecule has 0 aromatic carbocycles. The Morgan fingerprint density at radius 2 is 2.21 bits per heavy atom. The van der Waals surface area contributed by atoms with E-state index < -0.39 is 5.97 Å². The summed E-state index contributed by atoms with van der Waals surface area (Å²) in [6, 6.07) is 1.55. The highest BCUT2D eigenvalue weighted by molar-refractivity contribution is 5.74. The van der Waals surface area contributed by atoms with Gasteiger partial charge in [-0.25, -0.2) is 4.79 Å². The molecule has 0 spiro atoms. The molecule has 1 aromatic rings. The minimum absolute atomic E-state index is 0.148. The fraction of sp³-hybridized carbons (Fsp3) is 0.583. The molecule has 2 rings (SSSR count). The first-order chi connectivity index (χ1) is 9.15. The Morgan fingerprint density at radius 1 is 1.47 bits per heavy atom. The van der Waals surface area contributed by atoms with E-state index in [4.69, 9.17) is 9.63 Å². The van der Waals surface area contributed by atoms with Gasteiger partial charge in [0.1, 0.15) is 0 Å². The number of carbonyl (C=O) groups excluding carboxylic acids is 1. The van der Waals surface area contributed by atoms with Gasteiger partial charge in [-0.3, -0.25) is 4.79 Å². The van der Waals surface area contributed by atoms with E-state index in [9.17, 15) is 9.59 Å². The summed E-state index contributed by atoms with van der Waals surface area (Å²) < 4.78 is 4.88. The molecule has 0 radical (unpaired) electrons. The maximum absolute atomic E-state index is 11.9. The summed E-state index contributed by atoms with van der Waals surface area (Å²) in [5, 5.41) is 15.0. The molecule has 0 bridgehead atoms. The Bertz CT molecular complexity index is 424. The van der Waals surface area contributed by atoms with Crippen molar-refractivity contribution in [1.29, 1.82) is 0 Å². The van der Waals surface area contributed by atoms with Crippen LogP contribution >= 0.6 is 0 Å². The summed E-state index contributed by atoms with van der Waals surface area (Å²) >= 11 is 0. The highest BCUT2D eigenvalue weighted by Gasteiger charge is 2.24. The lowest BCUT2D eigenvalue weighted by molar-refractivity contribution is -0.138. The Kier molecular flexibility index (Phi) is 4.38. The number of carboxylic acids is 1. The van der Waals surface area contributed by atoms with Crippen molar-refractivity contribution in [3.8, 4) is 0 Å². The van der Waals surface area contributed by atoms with Crippen molar-refractivity contribution < 1.29 is 19.2 Å². The van der Waals surface area contributed by atoms with Gasteiger partial charge in [-0.05, 0) is 18.8 Å². The smallest absolute Gasteiger partial charge is 0.317 e. The molecule has 104 valence electrons. The zero-order chi connectivity index (χ0) is 13.7. The third kappa shape index (κ3) is 3.97. The molecule has 0 unspecified atom stereocenters. The lowest BCUT2D eigenvalue weighted by atomic mass is 9.94. The van der Waals surface area contributed by atoms with E-state index in [0.29, 0.717) is 25.4 Å². The summed E-state index contributed by atoms with van der Waals surface area (Å²) in [5.74, 6) is 0.0122. The average Bonchev–Trinajstić information content (AvgIpc) is 2.89. The number of hydrogen-bond acceptors (Lipinski definition) is 4. The third-order valence-electron chi connectivity index (χ3n) is 3.27. The summed E-state index contributed by atoms with van der Waals surface area (Å²) in [5.41, 5.74) is 0. The maximum atomic E-state index is 11.9. The zero-order valence-electron chi connectivity index (χ0n) is 10.5. The van der Waals surface area contributed by atoms with Crippen LogP contribution < -0.4 is 5.32 Å². The first kappa shape index (κ1) is 13.4. The summed E-state index contributed by atoms with van der Waals surface area (Å²) in [7, 11) is 0. The van der Waals surface area contributed by atoms with E-state index >= 15 is 0 Å². The number of aromatic nitrogens is 1. The van der Waals surface area contributed by atoms with Gasteiger partial charge in [-0.2, -0.15) is 0 Å². The number of nitrogens with one attached hydrogen (secondary N) is 1. The van der Waals surface area contributed by atoms with E-state index in [1.807, 2.05) is 0 Å². The van der Waals surface area contributed by atoms with Crippen LogP contribution in [0, 0.1) is 5.92 Å². The van der Waals surface area contributed by atoms with E-state index in [1.165, 1.54) is 6.20 Å². The highest BCUT2D eigenvalue weighted by atomic mass is 16.5. The predicted octanol–water partition coefficient (Wildman–Crippen LogP) is 1.07. The van der Waals surface area contributed by atoms with Crippen molar-refractivity contribution in [3.63, 3.8) is 0 Å². The minimum Gasteiger partial charge on any atom is -0.481 e. The number of rotatable bonds is 4. The molecule has 7 nitrogen and oxygen atoms in total. The number of carboxylic acid groups (broad SMARTS) is 1. The number of amides is 2. The second-order valence-corrected chi connectivity index (χ2v) is 4.67. The Hall–Kier alpha value is -2.05. The molecule has 1 fully saturated rings. The van der Waals surface area contributed by atoms with Crippen LogP contribution in [-0.4, -0.2) is 40.3 Å². The van der Waals surface area contributed by atoms with Gasteiger partial charge in [0.25, 0.3) is 0 Å². The van der Waals surface area contributed by atoms with E-state index in [0.717, 1.165) is 12.8 Å². The van der Waals surface area contributed by atoms with Gasteiger partial charge in [0.2, 0.25) is 0 Å². The van der Waals surface area contributed by atoms with Gasteiger partial charge >= 0.3 is 12.0 Å². The Labute approximate surface area is 110 Å². The van der Waals surface area contributed by atoms with E-state index in [2.05, 4.69) is 10.5 Å². The van der Waals surface area contributed by atoms with Crippen molar-refractivity contribution in [3.05, 3.63) is 18.0 Å². The Balaban J connectivity index is 1.71. The molecule has 0 aliphatic carbocycles. The van der Waals surface area contributed by atoms with E-state index in [1.54, 1.807) is 11.0 Å². The number of carbonyl (C=O) groups is 2. The van der Waals surface area contributed by atoms with Crippen molar-refractivity contribution in [2.45, 2.75) is 25.8 Å². The van der Waals surface area contributed by atoms with Gasteiger partial charge in [0, 0.05) is 25.6 Å². The monoisotopic (exact) mass is 267 g/mol. The molecular formula is C12H17N3O4. The first-order valence-corrected chi connectivity index (χ1v) is 6.29. The molecule has 0 saturated carbocycles. The van der Waals surface area contributed by atoms with Crippen LogP contribution in [0.4, 0.5) is 4.79 Å². The van der Waals surface area contributed by atoms with Gasteiger partial charge in [-0.15, -0.1) is 0 Å². The molecule has 1 saturated heterocycles. The molecule has 19 heavy (non-hydrogen) atoms. The summed E-state index contributed by atoms with van der Waals surface area (Å²) in [6.07, 6.45) is 3.19.